The second-order valence-electron chi connectivity index (χ2n) is 5.55. The maximum atomic E-state index is 11.9. The SMILES string of the molecule is O=C(CCNCC1CC=CCC1)N1CCCCC1. The Labute approximate surface area is 111 Å². The average Bonchev–Trinajstić information content (AvgIpc) is 2.45. The van der Waals surface area contributed by atoms with Gasteiger partial charge in [-0.15, -0.1) is 0 Å². The summed E-state index contributed by atoms with van der Waals surface area (Å²) >= 11 is 0. The van der Waals surface area contributed by atoms with Crippen LogP contribution in [0.5, 0.6) is 0 Å². The zero-order valence-corrected chi connectivity index (χ0v) is 11.4. The molecule has 1 atom stereocenters. The van der Waals surface area contributed by atoms with Crippen LogP contribution in [0, 0.1) is 5.92 Å². The zero-order valence-electron chi connectivity index (χ0n) is 11.4. The molecule has 1 aliphatic carbocycles. The summed E-state index contributed by atoms with van der Waals surface area (Å²) in [5.41, 5.74) is 0. The summed E-state index contributed by atoms with van der Waals surface area (Å²) in [7, 11) is 0. The van der Waals surface area contributed by atoms with E-state index in [0.717, 1.165) is 32.1 Å². The number of nitrogens with zero attached hydrogens (tertiary/aromatic N) is 1. The van der Waals surface area contributed by atoms with E-state index in [0.29, 0.717) is 12.3 Å². The van der Waals surface area contributed by atoms with Gasteiger partial charge in [0, 0.05) is 26.1 Å². The second-order valence-corrected chi connectivity index (χ2v) is 5.55. The van der Waals surface area contributed by atoms with Crippen molar-refractivity contribution in [1.82, 2.24) is 10.2 Å². The van der Waals surface area contributed by atoms with Gasteiger partial charge in [-0.3, -0.25) is 4.79 Å². The lowest BCUT2D eigenvalue weighted by atomic mass is 9.94. The fraction of sp³-hybridized carbons (Fsp3) is 0.800. The molecular formula is C15H26N2O. The van der Waals surface area contributed by atoms with Crippen LogP contribution in [0.1, 0.15) is 44.9 Å². The predicted molar refractivity (Wildman–Crippen MR) is 74.4 cm³/mol. The molecule has 1 amide bonds. The van der Waals surface area contributed by atoms with Gasteiger partial charge in [-0.25, -0.2) is 0 Å². The smallest absolute Gasteiger partial charge is 0.223 e. The molecule has 1 aliphatic heterocycles. The Balaban J connectivity index is 1.54. The summed E-state index contributed by atoms with van der Waals surface area (Å²) in [5, 5.41) is 3.44. The van der Waals surface area contributed by atoms with Crippen LogP contribution in [0.25, 0.3) is 0 Å². The van der Waals surface area contributed by atoms with Crippen molar-refractivity contribution in [3.05, 3.63) is 12.2 Å². The van der Waals surface area contributed by atoms with Gasteiger partial charge < -0.3 is 10.2 Å². The average molecular weight is 250 g/mol. The van der Waals surface area contributed by atoms with Gasteiger partial charge in [0.1, 0.15) is 0 Å². The molecule has 2 rings (SSSR count). The molecule has 2 aliphatic rings. The molecule has 0 aromatic carbocycles. The number of piperidine rings is 1. The van der Waals surface area contributed by atoms with Crippen LogP contribution < -0.4 is 5.32 Å². The lowest BCUT2D eigenvalue weighted by Crippen LogP contribution is -2.37. The van der Waals surface area contributed by atoms with Crippen molar-refractivity contribution in [3.63, 3.8) is 0 Å². The number of carbonyl (C=O) groups excluding carboxylic acids is 1. The van der Waals surface area contributed by atoms with Gasteiger partial charge in [0.15, 0.2) is 0 Å². The van der Waals surface area contributed by atoms with Crippen molar-refractivity contribution < 1.29 is 4.79 Å². The number of rotatable bonds is 5. The summed E-state index contributed by atoms with van der Waals surface area (Å²) in [6, 6.07) is 0. The largest absolute Gasteiger partial charge is 0.343 e. The fourth-order valence-electron chi connectivity index (χ4n) is 2.84. The van der Waals surface area contributed by atoms with Crippen molar-refractivity contribution in [2.24, 2.45) is 5.92 Å². The van der Waals surface area contributed by atoms with Crippen molar-refractivity contribution >= 4 is 5.91 Å². The molecule has 1 fully saturated rings. The third kappa shape index (κ3) is 4.45. The number of amides is 1. The third-order valence-electron chi connectivity index (χ3n) is 4.04. The van der Waals surface area contributed by atoms with E-state index >= 15 is 0 Å². The van der Waals surface area contributed by atoms with Gasteiger partial charge in [-0.2, -0.15) is 0 Å². The number of hydrogen-bond donors (Lipinski definition) is 1. The normalized spacial score (nSPS) is 24.2. The topological polar surface area (TPSA) is 32.3 Å². The predicted octanol–water partition coefficient (Wildman–Crippen LogP) is 2.33. The first kappa shape index (κ1) is 13.6. The van der Waals surface area contributed by atoms with Crippen molar-refractivity contribution in [2.45, 2.75) is 44.9 Å². The van der Waals surface area contributed by atoms with Gasteiger partial charge >= 0.3 is 0 Å². The first-order valence-corrected chi connectivity index (χ1v) is 7.50. The highest BCUT2D eigenvalue weighted by Crippen LogP contribution is 2.16. The van der Waals surface area contributed by atoms with E-state index in [4.69, 9.17) is 0 Å². The van der Waals surface area contributed by atoms with Crippen LogP contribution in [0.2, 0.25) is 0 Å². The number of likely N-dealkylation sites (tertiary alicyclic amines) is 1. The van der Waals surface area contributed by atoms with Crippen LogP contribution >= 0.6 is 0 Å². The first-order chi connectivity index (χ1) is 8.86. The molecule has 0 saturated carbocycles. The molecular weight excluding hydrogens is 224 g/mol. The fourth-order valence-corrected chi connectivity index (χ4v) is 2.84. The standard InChI is InChI=1S/C15H26N2O/c18-15(17-11-5-2-6-12-17)9-10-16-13-14-7-3-1-4-8-14/h1,3,14,16H,2,4-13H2. The molecule has 0 aromatic rings. The molecule has 0 radical (unpaired) electrons. The van der Waals surface area contributed by atoms with E-state index in [1.807, 2.05) is 4.90 Å². The Morgan fingerprint density at radius 3 is 2.78 bits per heavy atom. The van der Waals surface area contributed by atoms with Gasteiger partial charge in [0.25, 0.3) is 0 Å². The van der Waals surface area contributed by atoms with Gasteiger partial charge in [0.2, 0.25) is 5.91 Å². The zero-order chi connectivity index (χ0) is 12.6. The van der Waals surface area contributed by atoms with Crippen LogP contribution in [-0.2, 0) is 4.79 Å². The Morgan fingerprint density at radius 1 is 1.22 bits per heavy atom. The van der Waals surface area contributed by atoms with Crippen LogP contribution in [0.3, 0.4) is 0 Å². The van der Waals surface area contributed by atoms with E-state index < -0.39 is 0 Å². The van der Waals surface area contributed by atoms with E-state index in [1.54, 1.807) is 0 Å². The summed E-state index contributed by atoms with van der Waals surface area (Å²) in [5.74, 6) is 1.12. The Hall–Kier alpha value is -0.830. The van der Waals surface area contributed by atoms with Gasteiger partial charge in [-0.05, 0) is 51.0 Å². The number of nitrogens with one attached hydrogen (secondary N) is 1. The minimum atomic E-state index is 0.339. The summed E-state index contributed by atoms with van der Waals surface area (Å²) in [6.07, 6.45) is 12.6. The molecule has 1 N–H and O–H groups in total. The van der Waals surface area contributed by atoms with E-state index in [9.17, 15) is 4.79 Å². The molecule has 1 unspecified atom stereocenters. The van der Waals surface area contributed by atoms with Crippen molar-refractivity contribution in [2.75, 3.05) is 26.2 Å². The Morgan fingerprint density at radius 2 is 2.06 bits per heavy atom. The summed E-state index contributed by atoms with van der Waals surface area (Å²) in [6.45, 7) is 3.87. The molecule has 3 heteroatoms. The molecule has 3 nitrogen and oxygen atoms in total. The Kier molecular flexibility index (Phi) is 5.72. The van der Waals surface area contributed by atoms with Crippen molar-refractivity contribution in [1.29, 1.82) is 0 Å². The first-order valence-electron chi connectivity index (χ1n) is 7.50. The van der Waals surface area contributed by atoms with Crippen LogP contribution in [0.15, 0.2) is 12.2 Å². The lowest BCUT2D eigenvalue weighted by Gasteiger charge is -2.27. The molecule has 18 heavy (non-hydrogen) atoms. The second kappa shape index (κ2) is 7.57. The number of allylic oxidation sites excluding steroid dienone is 2. The Bertz CT molecular complexity index is 282. The summed E-state index contributed by atoms with van der Waals surface area (Å²) in [4.78, 5) is 14.0. The molecule has 0 spiro atoms. The summed E-state index contributed by atoms with van der Waals surface area (Å²) < 4.78 is 0. The highest BCUT2D eigenvalue weighted by atomic mass is 16.2. The van der Waals surface area contributed by atoms with Gasteiger partial charge in [0.05, 0.1) is 0 Å². The molecule has 0 aromatic heterocycles. The van der Waals surface area contributed by atoms with Crippen molar-refractivity contribution in [3.8, 4) is 0 Å². The van der Waals surface area contributed by atoms with E-state index in [2.05, 4.69) is 17.5 Å². The van der Waals surface area contributed by atoms with E-state index in [1.165, 1.54) is 38.5 Å². The maximum absolute atomic E-state index is 11.9. The quantitative estimate of drug-likeness (QED) is 0.600. The minimum Gasteiger partial charge on any atom is -0.343 e. The molecule has 102 valence electrons. The van der Waals surface area contributed by atoms with Gasteiger partial charge in [-0.1, -0.05) is 12.2 Å². The maximum Gasteiger partial charge on any atom is 0.223 e. The molecule has 1 saturated heterocycles. The van der Waals surface area contributed by atoms with E-state index in [-0.39, 0.29) is 0 Å². The van der Waals surface area contributed by atoms with Crippen LogP contribution in [-0.4, -0.2) is 37.0 Å². The lowest BCUT2D eigenvalue weighted by molar-refractivity contribution is -0.131. The molecule has 0 bridgehead atoms. The third-order valence-corrected chi connectivity index (χ3v) is 4.04. The highest BCUT2D eigenvalue weighted by Gasteiger charge is 2.16. The van der Waals surface area contributed by atoms with Crippen LogP contribution in [0.4, 0.5) is 0 Å². The highest BCUT2D eigenvalue weighted by molar-refractivity contribution is 5.76. The minimum absolute atomic E-state index is 0.339. The number of hydrogen-bond acceptors (Lipinski definition) is 2. The molecule has 1 heterocycles. The number of carbonyl (C=O) groups is 1. The monoisotopic (exact) mass is 250 g/mol.